The standard InChI is InChI=1S/C52H32O/c1-2-13-34(14-3-1)40-23-12-26-47-48-32-36(28-30-49(48)53-52(40)47)35-27-29-39-37(31-35)17-11-25-42(39)51-45-21-8-6-19-43(45)50(44-20-7-9-22-46(44)51)41-24-10-16-33-15-4-5-18-38(33)41/h1-32H/i1D,2D,3D,4D,5D,6D,7D,8D,9D,10D,11D,12D,13D,14D,15D,16D,17D,18D,19D,20D,21D,22D,23D,24D,25D,26D,27D,28D,29D,30D,31D,32D. The summed E-state index contributed by atoms with van der Waals surface area (Å²) < 4.78 is 296. The van der Waals surface area contributed by atoms with E-state index < -0.39 is 303 Å². The highest BCUT2D eigenvalue weighted by Crippen LogP contribution is 2.47. The molecule has 0 aliphatic heterocycles. The highest BCUT2D eigenvalue weighted by atomic mass is 16.3. The van der Waals surface area contributed by atoms with Crippen molar-refractivity contribution < 1.29 is 48.3 Å². The van der Waals surface area contributed by atoms with Crippen molar-refractivity contribution in [3.8, 4) is 44.5 Å². The van der Waals surface area contributed by atoms with Crippen LogP contribution in [-0.2, 0) is 0 Å². The summed E-state index contributed by atoms with van der Waals surface area (Å²) in [7, 11) is 0. The summed E-state index contributed by atoms with van der Waals surface area (Å²) in [6.45, 7) is 0. The molecule has 0 amide bonds. The van der Waals surface area contributed by atoms with E-state index >= 15 is 0 Å². The minimum atomic E-state index is -1.13. The van der Waals surface area contributed by atoms with Gasteiger partial charge in [0.15, 0.2) is 0 Å². The second kappa shape index (κ2) is 11.8. The van der Waals surface area contributed by atoms with E-state index in [1.807, 2.05) is 0 Å². The van der Waals surface area contributed by atoms with Crippen LogP contribution in [-0.4, -0.2) is 0 Å². The molecule has 1 heteroatoms. The molecule has 0 radical (unpaired) electrons. The van der Waals surface area contributed by atoms with E-state index in [1.54, 1.807) is 0 Å². The first-order valence-electron chi connectivity index (χ1n) is 31.7. The first-order valence-corrected chi connectivity index (χ1v) is 15.7. The molecular weight excluding hydrogens is 641 g/mol. The molecule has 246 valence electrons. The zero-order valence-electron chi connectivity index (χ0n) is 58.4. The van der Waals surface area contributed by atoms with Crippen LogP contribution < -0.4 is 0 Å². The van der Waals surface area contributed by atoms with Gasteiger partial charge < -0.3 is 4.42 Å². The van der Waals surface area contributed by atoms with Gasteiger partial charge in [-0.2, -0.15) is 0 Å². The molecule has 11 aromatic rings. The van der Waals surface area contributed by atoms with E-state index in [2.05, 4.69) is 0 Å². The zero-order valence-corrected chi connectivity index (χ0v) is 26.4. The summed E-state index contributed by atoms with van der Waals surface area (Å²) >= 11 is 0. The highest BCUT2D eigenvalue weighted by molar-refractivity contribution is 6.25. The van der Waals surface area contributed by atoms with Crippen molar-refractivity contribution in [3.63, 3.8) is 0 Å². The van der Waals surface area contributed by atoms with Crippen molar-refractivity contribution >= 4 is 65.0 Å². The minimum absolute atomic E-state index is 0.560. The van der Waals surface area contributed by atoms with E-state index in [0.29, 0.717) is 0 Å². The lowest BCUT2D eigenvalue weighted by Gasteiger charge is -2.19. The molecule has 0 N–H and O–H groups in total. The fourth-order valence-corrected chi connectivity index (χ4v) is 6.44. The number of hydrogen-bond acceptors (Lipinski definition) is 1. The Balaban J connectivity index is 1.35. The Kier molecular flexibility index (Phi) is 2.68. The minimum Gasteiger partial charge on any atom is -0.455 e. The summed E-state index contributed by atoms with van der Waals surface area (Å²) in [6.07, 6.45) is 0. The Bertz CT molecular complexity index is 4960. The number of benzene rings is 10. The van der Waals surface area contributed by atoms with Crippen molar-refractivity contribution in [2.45, 2.75) is 0 Å². The van der Waals surface area contributed by atoms with Gasteiger partial charge in [0.05, 0.1) is 43.9 Å². The van der Waals surface area contributed by atoms with Gasteiger partial charge in [0.1, 0.15) is 11.2 Å². The smallest absolute Gasteiger partial charge is 0.143 e. The molecule has 1 nitrogen and oxygen atoms in total. The van der Waals surface area contributed by atoms with Gasteiger partial charge in [-0.15, -0.1) is 0 Å². The molecule has 1 heterocycles. The Morgan fingerprint density at radius 1 is 0.302 bits per heavy atom. The van der Waals surface area contributed by atoms with Crippen LogP contribution in [0.5, 0.6) is 0 Å². The lowest BCUT2D eigenvalue weighted by Crippen LogP contribution is -1.92. The van der Waals surface area contributed by atoms with Crippen LogP contribution in [0.2, 0.25) is 0 Å². The number of para-hydroxylation sites is 1. The number of rotatable bonds is 4. The molecule has 0 unspecified atom stereocenters. The van der Waals surface area contributed by atoms with Gasteiger partial charge in [0, 0.05) is 16.3 Å². The van der Waals surface area contributed by atoms with E-state index in [9.17, 15) is 19.2 Å². The summed E-state index contributed by atoms with van der Waals surface area (Å²) in [5, 5.41) is -7.36. The second-order valence-corrected chi connectivity index (χ2v) is 11.5. The van der Waals surface area contributed by atoms with Gasteiger partial charge in [-0.05, 0) is 100 Å². The van der Waals surface area contributed by atoms with Gasteiger partial charge in [0.25, 0.3) is 0 Å². The monoisotopic (exact) mass is 704 g/mol. The average Bonchev–Trinajstić information content (AvgIpc) is 1.21. The van der Waals surface area contributed by atoms with E-state index in [4.69, 9.17) is 29.1 Å². The van der Waals surface area contributed by atoms with Crippen LogP contribution in [0.4, 0.5) is 0 Å². The molecule has 0 spiro atoms. The Hall–Kier alpha value is -6.96. The predicted molar refractivity (Wildman–Crippen MR) is 225 cm³/mol. The first kappa shape index (κ1) is 12.0. The maximum absolute atomic E-state index is 9.83. The Labute approximate surface area is 352 Å². The number of hydrogen-bond donors (Lipinski definition) is 0. The van der Waals surface area contributed by atoms with Crippen LogP contribution in [0, 0.1) is 0 Å². The van der Waals surface area contributed by atoms with E-state index in [1.165, 1.54) is 0 Å². The average molecular weight is 705 g/mol. The van der Waals surface area contributed by atoms with Crippen molar-refractivity contribution in [2.24, 2.45) is 0 Å². The molecule has 53 heavy (non-hydrogen) atoms. The normalized spacial score (nSPS) is 20.2. The van der Waals surface area contributed by atoms with Gasteiger partial charge in [-0.3, -0.25) is 0 Å². The highest BCUT2D eigenvalue weighted by Gasteiger charge is 2.19. The van der Waals surface area contributed by atoms with Crippen LogP contribution >= 0.6 is 0 Å². The quantitative estimate of drug-likeness (QED) is 0.166. The fraction of sp³-hybridized carbons (Fsp3) is 0. The van der Waals surface area contributed by atoms with Gasteiger partial charge >= 0.3 is 0 Å². The van der Waals surface area contributed by atoms with Crippen LogP contribution in [0.25, 0.3) is 110 Å². The molecule has 0 fully saturated rings. The zero-order chi connectivity index (χ0) is 62.7. The Morgan fingerprint density at radius 3 is 1.49 bits per heavy atom. The maximum Gasteiger partial charge on any atom is 0.143 e. The van der Waals surface area contributed by atoms with Gasteiger partial charge in [-0.25, -0.2) is 0 Å². The van der Waals surface area contributed by atoms with Crippen LogP contribution in [0.15, 0.2) is 198 Å². The lowest BCUT2D eigenvalue weighted by molar-refractivity contribution is 0.670. The van der Waals surface area contributed by atoms with Crippen molar-refractivity contribution in [1.29, 1.82) is 0 Å². The fourth-order valence-electron chi connectivity index (χ4n) is 6.44. The molecular formula is C52H32O. The van der Waals surface area contributed by atoms with E-state index in [0.717, 1.165) is 0 Å². The first-order chi connectivity index (χ1) is 39.6. The summed E-state index contributed by atoms with van der Waals surface area (Å²) in [4.78, 5) is 0. The summed E-state index contributed by atoms with van der Waals surface area (Å²) in [5.41, 5.74) is -7.52. The number of furan rings is 1. The molecule has 0 aliphatic carbocycles. The summed E-state index contributed by atoms with van der Waals surface area (Å²) in [5.74, 6) is 0. The van der Waals surface area contributed by atoms with Gasteiger partial charge in [0.2, 0.25) is 0 Å². The Morgan fingerprint density at radius 2 is 0.792 bits per heavy atom. The van der Waals surface area contributed by atoms with Crippen LogP contribution in [0.3, 0.4) is 0 Å². The molecule has 0 saturated carbocycles. The van der Waals surface area contributed by atoms with Gasteiger partial charge in [-0.1, -0.05) is 175 Å². The van der Waals surface area contributed by atoms with Crippen molar-refractivity contribution in [3.05, 3.63) is 193 Å². The second-order valence-electron chi connectivity index (χ2n) is 11.5. The van der Waals surface area contributed by atoms with Crippen molar-refractivity contribution in [2.75, 3.05) is 0 Å². The largest absolute Gasteiger partial charge is 0.455 e. The molecule has 0 saturated heterocycles. The molecule has 0 atom stereocenters. The molecule has 0 bridgehead atoms. The third-order valence-corrected chi connectivity index (χ3v) is 8.69. The predicted octanol–water partition coefficient (Wildman–Crippen LogP) is 14.9. The molecule has 1 aromatic heterocycles. The maximum atomic E-state index is 9.83. The van der Waals surface area contributed by atoms with E-state index in [-0.39, 0.29) is 0 Å². The number of fused-ring (bicyclic) bond motifs is 7. The molecule has 10 aromatic carbocycles. The topological polar surface area (TPSA) is 13.1 Å². The molecule has 11 rings (SSSR count). The lowest BCUT2D eigenvalue weighted by atomic mass is 9.83. The third-order valence-electron chi connectivity index (χ3n) is 8.69. The van der Waals surface area contributed by atoms with Crippen molar-refractivity contribution in [1.82, 2.24) is 0 Å². The van der Waals surface area contributed by atoms with Crippen LogP contribution in [0.1, 0.15) is 43.9 Å². The molecule has 0 aliphatic rings. The third kappa shape index (κ3) is 4.64. The summed E-state index contributed by atoms with van der Waals surface area (Å²) in [6, 6.07) is -31.3. The SMILES string of the molecule is [2H]c1c([2H])c([2H])c(-c2c([2H])c([2H])c([2H])c3c2oc2c([2H])c([2H])c(-c4c([2H])c([2H])c5c(-c6c7c([2H])c([2H])c([2H])c([2H])c7c(-c7c([2H])c([2H])c([2H])c8c([2H])c([2H])c([2H])c([2H])c78)c7c([2H])c([2H])c([2H])c([2H])c67)c([2H])c([2H])c([2H])c5c4[2H])c([2H])c23)c([2H])c1[2H].